The molecule has 0 amide bonds. The van der Waals surface area contributed by atoms with Crippen molar-refractivity contribution in [2.75, 3.05) is 13.2 Å². The van der Waals surface area contributed by atoms with Crippen molar-refractivity contribution in [1.82, 2.24) is 10.1 Å². The predicted octanol–water partition coefficient (Wildman–Crippen LogP) is 2.86. The highest BCUT2D eigenvalue weighted by Crippen LogP contribution is 2.34. The molecule has 0 aliphatic carbocycles. The maximum Gasteiger partial charge on any atom is 0.338 e. The van der Waals surface area contributed by atoms with Crippen LogP contribution in [-0.2, 0) is 11.3 Å². The summed E-state index contributed by atoms with van der Waals surface area (Å²) in [5, 5.41) is 3.93. The summed E-state index contributed by atoms with van der Waals surface area (Å²) < 4.78 is 21.6. The Morgan fingerprint density at radius 3 is 2.68 bits per heavy atom. The van der Waals surface area contributed by atoms with Crippen LogP contribution in [-0.4, -0.2) is 29.3 Å². The van der Waals surface area contributed by atoms with Gasteiger partial charge in [-0.25, -0.2) is 4.79 Å². The van der Waals surface area contributed by atoms with Gasteiger partial charge in [0, 0.05) is 24.0 Å². The number of hydrogen-bond donors (Lipinski definition) is 0. The van der Waals surface area contributed by atoms with Crippen LogP contribution in [0.3, 0.4) is 0 Å². The average molecular weight is 338 g/mol. The lowest BCUT2D eigenvalue weighted by molar-refractivity contribution is 0.0464. The fraction of sp³-hybridized carbons (Fsp3) is 0.167. The summed E-state index contributed by atoms with van der Waals surface area (Å²) in [5.41, 5.74) is 1.77. The van der Waals surface area contributed by atoms with Gasteiger partial charge >= 0.3 is 5.97 Å². The SMILES string of the molecule is O=C(OCc1cc(-c2ccc3c(c2)OCCO3)on1)c1ccncc1. The largest absolute Gasteiger partial charge is 0.486 e. The fourth-order valence-electron chi connectivity index (χ4n) is 2.42. The Kier molecular flexibility index (Phi) is 4.04. The molecule has 0 radical (unpaired) electrons. The molecule has 0 bridgehead atoms. The van der Waals surface area contributed by atoms with Gasteiger partial charge in [-0.1, -0.05) is 5.16 Å². The van der Waals surface area contributed by atoms with E-state index in [4.69, 9.17) is 18.7 Å². The molecule has 126 valence electrons. The van der Waals surface area contributed by atoms with E-state index in [1.807, 2.05) is 18.2 Å². The lowest BCUT2D eigenvalue weighted by Gasteiger charge is -2.18. The lowest BCUT2D eigenvalue weighted by Crippen LogP contribution is -2.15. The van der Waals surface area contributed by atoms with Gasteiger partial charge in [0.15, 0.2) is 17.3 Å². The molecule has 3 aromatic rings. The average Bonchev–Trinajstić information content (AvgIpc) is 3.15. The van der Waals surface area contributed by atoms with Crippen LogP contribution in [0.15, 0.2) is 53.3 Å². The first-order valence-electron chi connectivity index (χ1n) is 7.72. The van der Waals surface area contributed by atoms with Crippen LogP contribution < -0.4 is 9.47 Å². The molecule has 2 aromatic heterocycles. The van der Waals surface area contributed by atoms with Crippen LogP contribution in [0.4, 0.5) is 0 Å². The molecule has 1 aliphatic heterocycles. The Morgan fingerprint density at radius 1 is 1.04 bits per heavy atom. The normalized spacial score (nSPS) is 12.6. The number of ether oxygens (including phenoxy) is 3. The molecule has 0 saturated heterocycles. The summed E-state index contributed by atoms with van der Waals surface area (Å²) in [5.74, 6) is 1.50. The number of benzene rings is 1. The van der Waals surface area contributed by atoms with Gasteiger partial charge in [0.25, 0.3) is 0 Å². The molecule has 0 N–H and O–H groups in total. The zero-order valence-corrected chi connectivity index (χ0v) is 13.2. The van der Waals surface area contributed by atoms with E-state index in [1.54, 1.807) is 18.2 Å². The second-order valence-corrected chi connectivity index (χ2v) is 5.35. The van der Waals surface area contributed by atoms with Crippen molar-refractivity contribution < 1.29 is 23.5 Å². The number of pyridine rings is 1. The number of rotatable bonds is 4. The van der Waals surface area contributed by atoms with Gasteiger partial charge in [-0.2, -0.15) is 0 Å². The van der Waals surface area contributed by atoms with Gasteiger partial charge in [-0.15, -0.1) is 0 Å². The summed E-state index contributed by atoms with van der Waals surface area (Å²) in [6.07, 6.45) is 3.07. The Hall–Kier alpha value is -3.35. The summed E-state index contributed by atoms with van der Waals surface area (Å²) in [6, 6.07) is 10.4. The third-order valence-electron chi connectivity index (χ3n) is 3.65. The maximum atomic E-state index is 11.9. The summed E-state index contributed by atoms with van der Waals surface area (Å²) in [4.78, 5) is 15.8. The quantitative estimate of drug-likeness (QED) is 0.676. The van der Waals surface area contributed by atoms with Crippen molar-refractivity contribution in [3.05, 3.63) is 60.0 Å². The highest BCUT2D eigenvalue weighted by Gasteiger charge is 2.15. The maximum absolute atomic E-state index is 11.9. The minimum absolute atomic E-state index is 0.0230. The van der Waals surface area contributed by atoms with E-state index < -0.39 is 5.97 Å². The van der Waals surface area contributed by atoms with Crippen molar-refractivity contribution in [1.29, 1.82) is 0 Å². The molecule has 4 rings (SSSR count). The standard InChI is InChI=1S/C18H14N2O5/c21-18(12-3-5-19-6-4-12)24-11-14-10-16(25-20-14)13-1-2-15-17(9-13)23-8-7-22-15/h1-6,9-10H,7-8,11H2. The van der Waals surface area contributed by atoms with E-state index >= 15 is 0 Å². The molecule has 1 aliphatic rings. The van der Waals surface area contributed by atoms with Crippen LogP contribution in [0.5, 0.6) is 11.5 Å². The third-order valence-corrected chi connectivity index (χ3v) is 3.65. The number of esters is 1. The van der Waals surface area contributed by atoms with Gasteiger partial charge in [-0.05, 0) is 30.3 Å². The van der Waals surface area contributed by atoms with E-state index in [0.717, 1.165) is 5.56 Å². The number of carbonyl (C=O) groups is 1. The highest BCUT2D eigenvalue weighted by molar-refractivity contribution is 5.89. The van der Waals surface area contributed by atoms with E-state index in [-0.39, 0.29) is 6.61 Å². The molecule has 0 fully saturated rings. The zero-order valence-electron chi connectivity index (χ0n) is 13.2. The molecular formula is C18H14N2O5. The molecular weight excluding hydrogens is 324 g/mol. The fourth-order valence-corrected chi connectivity index (χ4v) is 2.42. The Morgan fingerprint density at radius 2 is 1.84 bits per heavy atom. The second kappa shape index (κ2) is 6.64. The first-order valence-corrected chi connectivity index (χ1v) is 7.72. The number of nitrogens with zero attached hydrogens (tertiary/aromatic N) is 2. The molecule has 7 heteroatoms. The number of aromatic nitrogens is 2. The summed E-state index contributed by atoms with van der Waals surface area (Å²) in [7, 11) is 0. The van der Waals surface area contributed by atoms with Crippen molar-refractivity contribution in [2.45, 2.75) is 6.61 Å². The number of carbonyl (C=O) groups excluding carboxylic acids is 1. The van der Waals surface area contributed by atoms with Gasteiger partial charge in [0.05, 0.1) is 5.56 Å². The number of fused-ring (bicyclic) bond motifs is 1. The monoisotopic (exact) mass is 338 g/mol. The molecule has 7 nitrogen and oxygen atoms in total. The lowest BCUT2D eigenvalue weighted by atomic mass is 10.1. The predicted molar refractivity (Wildman–Crippen MR) is 86.3 cm³/mol. The second-order valence-electron chi connectivity index (χ2n) is 5.35. The first-order chi connectivity index (χ1) is 12.3. The van der Waals surface area contributed by atoms with Crippen LogP contribution in [0.2, 0.25) is 0 Å². The number of hydrogen-bond acceptors (Lipinski definition) is 7. The van der Waals surface area contributed by atoms with E-state index in [1.165, 1.54) is 12.4 Å². The molecule has 0 saturated carbocycles. The highest BCUT2D eigenvalue weighted by atomic mass is 16.6. The zero-order chi connectivity index (χ0) is 17.1. The summed E-state index contributed by atoms with van der Waals surface area (Å²) in [6.45, 7) is 1.08. The van der Waals surface area contributed by atoms with Crippen molar-refractivity contribution in [3.8, 4) is 22.8 Å². The summed E-state index contributed by atoms with van der Waals surface area (Å²) >= 11 is 0. The molecule has 25 heavy (non-hydrogen) atoms. The van der Waals surface area contributed by atoms with Crippen LogP contribution in [0, 0.1) is 0 Å². The van der Waals surface area contributed by atoms with Crippen molar-refractivity contribution in [3.63, 3.8) is 0 Å². The van der Waals surface area contributed by atoms with Gasteiger partial charge in [-0.3, -0.25) is 4.98 Å². The van der Waals surface area contributed by atoms with E-state index in [0.29, 0.717) is 41.7 Å². The minimum atomic E-state index is -0.439. The molecule has 0 atom stereocenters. The molecule has 3 heterocycles. The Labute approximate surface area is 143 Å². The smallest absolute Gasteiger partial charge is 0.338 e. The topological polar surface area (TPSA) is 83.7 Å². The van der Waals surface area contributed by atoms with E-state index in [9.17, 15) is 4.79 Å². The van der Waals surface area contributed by atoms with Crippen molar-refractivity contribution >= 4 is 5.97 Å². The van der Waals surface area contributed by atoms with Gasteiger partial charge in [0.1, 0.15) is 25.5 Å². The molecule has 0 spiro atoms. The van der Waals surface area contributed by atoms with Crippen LogP contribution in [0.1, 0.15) is 16.1 Å². The molecule has 0 unspecified atom stereocenters. The van der Waals surface area contributed by atoms with E-state index in [2.05, 4.69) is 10.1 Å². The first kappa shape index (κ1) is 15.2. The molecule has 1 aromatic carbocycles. The Bertz CT molecular complexity index is 891. The van der Waals surface area contributed by atoms with Crippen molar-refractivity contribution in [2.24, 2.45) is 0 Å². The third kappa shape index (κ3) is 3.30. The minimum Gasteiger partial charge on any atom is -0.486 e. The van der Waals surface area contributed by atoms with Crippen LogP contribution in [0.25, 0.3) is 11.3 Å². The Balaban J connectivity index is 1.44. The van der Waals surface area contributed by atoms with Gasteiger partial charge < -0.3 is 18.7 Å². The van der Waals surface area contributed by atoms with Gasteiger partial charge in [0.2, 0.25) is 0 Å². The van der Waals surface area contributed by atoms with Crippen LogP contribution >= 0.6 is 0 Å².